The Kier molecular flexibility index (Phi) is 8.20. The summed E-state index contributed by atoms with van der Waals surface area (Å²) in [5, 5.41) is 0. The Morgan fingerprint density at radius 1 is 1.25 bits per heavy atom. The molecule has 0 spiro atoms. The highest BCUT2D eigenvalue weighted by molar-refractivity contribution is 5.70. The minimum absolute atomic E-state index is 0.0282. The monoisotopic (exact) mass is 283 g/mol. The molecule has 20 heavy (non-hydrogen) atoms. The summed E-state index contributed by atoms with van der Waals surface area (Å²) < 4.78 is 5.53. The van der Waals surface area contributed by atoms with E-state index in [1.807, 2.05) is 0 Å². The van der Waals surface area contributed by atoms with Crippen molar-refractivity contribution in [3.63, 3.8) is 0 Å². The summed E-state index contributed by atoms with van der Waals surface area (Å²) in [6, 6.07) is 0. The molecule has 0 aromatic rings. The average Bonchev–Trinajstić information content (AvgIpc) is 2.48. The summed E-state index contributed by atoms with van der Waals surface area (Å²) in [5.41, 5.74) is 5.95. The van der Waals surface area contributed by atoms with Gasteiger partial charge in [-0.05, 0) is 37.1 Å². The molecule has 0 saturated heterocycles. The summed E-state index contributed by atoms with van der Waals surface area (Å²) in [7, 11) is 0. The lowest BCUT2D eigenvalue weighted by molar-refractivity contribution is -0.148. The third kappa shape index (κ3) is 5.82. The van der Waals surface area contributed by atoms with Crippen molar-refractivity contribution < 1.29 is 9.53 Å². The van der Waals surface area contributed by atoms with Crippen LogP contribution in [0.5, 0.6) is 0 Å². The molecule has 1 aliphatic rings. The molecule has 0 aromatic heterocycles. The Bertz CT molecular complexity index is 272. The van der Waals surface area contributed by atoms with Crippen LogP contribution >= 0.6 is 0 Å². The van der Waals surface area contributed by atoms with Crippen LogP contribution in [0.3, 0.4) is 0 Å². The standard InChI is InChI=1S/C17H33NO2/c1-3-5-9-15(4-2)13-20-16(19)12-17(14-18)10-7-6-8-11-17/h15H,3-14,18H2,1-2H3. The van der Waals surface area contributed by atoms with Crippen molar-refractivity contribution in [3.8, 4) is 0 Å². The predicted octanol–water partition coefficient (Wildman–Crippen LogP) is 4.05. The summed E-state index contributed by atoms with van der Waals surface area (Å²) in [5.74, 6) is 0.492. The van der Waals surface area contributed by atoms with Crippen LogP contribution in [0.25, 0.3) is 0 Å². The minimum atomic E-state index is -0.0349. The van der Waals surface area contributed by atoms with Gasteiger partial charge in [-0.2, -0.15) is 0 Å². The fourth-order valence-electron chi connectivity index (χ4n) is 3.22. The van der Waals surface area contributed by atoms with Crippen LogP contribution in [0.15, 0.2) is 0 Å². The highest BCUT2D eigenvalue weighted by Crippen LogP contribution is 2.38. The van der Waals surface area contributed by atoms with Gasteiger partial charge in [0.05, 0.1) is 13.0 Å². The molecule has 0 bridgehead atoms. The summed E-state index contributed by atoms with van der Waals surface area (Å²) in [6.45, 7) is 5.59. The molecule has 1 saturated carbocycles. The second kappa shape index (κ2) is 9.38. The SMILES string of the molecule is CCCCC(CC)COC(=O)CC1(CN)CCCCC1. The zero-order valence-corrected chi connectivity index (χ0v) is 13.5. The average molecular weight is 283 g/mol. The number of nitrogens with two attached hydrogens (primary N) is 1. The topological polar surface area (TPSA) is 52.3 Å². The van der Waals surface area contributed by atoms with Crippen molar-refractivity contribution in [3.05, 3.63) is 0 Å². The summed E-state index contributed by atoms with van der Waals surface area (Å²) in [4.78, 5) is 12.1. The summed E-state index contributed by atoms with van der Waals surface area (Å²) >= 11 is 0. The van der Waals surface area contributed by atoms with Crippen molar-refractivity contribution >= 4 is 5.97 Å². The first-order valence-electron chi connectivity index (χ1n) is 8.51. The molecular formula is C17H33NO2. The van der Waals surface area contributed by atoms with E-state index in [2.05, 4.69) is 13.8 Å². The Balaban J connectivity index is 2.34. The van der Waals surface area contributed by atoms with E-state index in [4.69, 9.17) is 10.5 Å². The molecular weight excluding hydrogens is 250 g/mol. The Morgan fingerprint density at radius 2 is 1.95 bits per heavy atom. The maximum atomic E-state index is 12.1. The predicted molar refractivity (Wildman–Crippen MR) is 83.5 cm³/mol. The Hall–Kier alpha value is -0.570. The van der Waals surface area contributed by atoms with Gasteiger partial charge in [0.15, 0.2) is 0 Å². The van der Waals surface area contributed by atoms with E-state index in [0.29, 0.717) is 25.5 Å². The van der Waals surface area contributed by atoms with Crippen molar-refractivity contribution in [2.75, 3.05) is 13.2 Å². The number of carbonyl (C=O) groups excluding carboxylic acids is 1. The first-order valence-corrected chi connectivity index (χ1v) is 8.51. The molecule has 1 fully saturated rings. The molecule has 118 valence electrons. The largest absolute Gasteiger partial charge is 0.465 e. The van der Waals surface area contributed by atoms with Gasteiger partial charge in [-0.1, -0.05) is 52.4 Å². The fourth-order valence-corrected chi connectivity index (χ4v) is 3.22. The van der Waals surface area contributed by atoms with Gasteiger partial charge in [0.1, 0.15) is 0 Å². The fraction of sp³-hybridized carbons (Fsp3) is 0.941. The van der Waals surface area contributed by atoms with E-state index >= 15 is 0 Å². The molecule has 3 heteroatoms. The number of esters is 1. The zero-order valence-electron chi connectivity index (χ0n) is 13.5. The quantitative estimate of drug-likeness (QED) is 0.650. The number of hydrogen-bond acceptors (Lipinski definition) is 3. The lowest BCUT2D eigenvalue weighted by atomic mass is 9.72. The van der Waals surface area contributed by atoms with Gasteiger partial charge >= 0.3 is 5.97 Å². The third-order valence-electron chi connectivity index (χ3n) is 4.89. The minimum Gasteiger partial charge on any atom is -0.465 e. The maximum absolute atomic E-state index is 12.1. The number of rotatable bonds is 9. The molecule has 0 radical (unpaired) electrons. The highest BCUT2D eigenvalue weighted by atomic mass is 16.5. The first kappa shape index (κ1) is 17.5. The maximum Gasteiger partial charge on any atom is 0.306 e. The first-order chi connectivity index (χ1) is 9.65. The van der Waals surface area contributed by atoms with Gasteiger partial charge in [-0.3, -0.25) is 4.79 Å². The molecule has 3 nitrogen and oxygen atoms in total. The number of carbonyl (C=O) groups is 1. The van der Waals surface area contributed by atoms with Crippen molar-refractivity contribution in [2.24, 2.45) is 17.1 Å². The molecule has 1 unspecified atom stereocenters. The van der Waals surface area contributed by atoms with Crippen LogP contribution in [-0.2, 0) is 9.53 Å². The molecule has 1 atom stereocenters. The Morgan fingerprint density at radius 3 is 2.50 bits per heavy atom. The van der Waals surface area contributed by atoms with Gasteiger partial charge in [-0.25, -0.2) is 0 Å². The van der Waals surface area contributed by atoms with E-state index < -0.39 is 0 Å². The van der Waals surface area contributed by atoms with E-state index in [0.717, 1.165) is 19.3 Å². The van der Waals surface area contributed by atoms with Crippen molar-refractivity contribution in [2.45, 2.75) is 78.1 Å². The van der Waals surface area contributed by atoms with Gasteiger partial charge in [0.2, 0.25) is 0 Å². The smallest absolute Gasteiger partial charge is 0.306 e. The third-order valence-corrected chi connectivity index (χ3v) is 4.89. The van der Waals surface area contributed by atoms with Gasteiger partial charge in [-0.15, -0.1) is 0 Å². The van der Waals surface area contributed by atoms with Crippen molar-refractivity contribution in [1.29, 1.82) is 0 Å². The molecule has 1 aliphatic carbocycles. The second-order valence-electron chi connectivity index (χ2n) is 6.54. The molecule has 1 rings (SSSR count). The highest BCUT2D eigenvalue weighted by Gasteiger charge is 2.33. The van der Waals surface area contributed by atoms with E-state index in [-0.39, 0.29) is 11.4 Å². The van der Waals surface area contributed by atoms with E-state index in [9.17, 15) is 4.79 Å². The van der Waals surface area contributed by atoms with E-state index in [1.54, 1.807) is 0 Å². The van der Waals surface area contributed by atoms with Gasteiger partial charge in [0.25, 0.3) is 0 Å². The number of ether oxygens (including phenoxy) is 1. The van der Waals surface area contributed by atoms with Crippen LogP contribution in [0, 0.1) is 11.3 Å². The molecule has 0 aliphatic heterocycles. The lowest BCUT2D eigenvalue weighted by Gasteiger charge is -2.35. The van der Waals surface area contributed by atoms with Gasteiger partial charge in [0, 0.05) is 0 Å². The molecule has 0 aromatic carbocycles. The van der Waals surface area contributed by atoms with Crippen LogP contribution < -0.4 is 5.73 Å². The van der Waals surface area contributed by atoms with Crippen LogP contribution in [0.1, 0.15) is 78.1 Å². The van der Waals surface area contributed by atoms with Crippen LogP contribution in [-0.4, -0.2) is 19.1 Å². The number of hydrogen-bond donors (Lipinski definition) is 1. The van der Waals surface area contributed by atoms with Crippen LogP contribution in [0.2, 0.25) is 0 Å². The van der Waals surface area contributed by atoms with E-state index in [1.165, 1.54) is 38.5 Å². The lowest BCUT2D eigenvalue weighted by Crippen LogP contribution is -2.35. The second-order valence-corrected chi connectivity index (χ2v) is 6.54. The zero-order chi connectivity index (χ0) is 14.8. The Labute approximate surface area is 124 Å². The summed E-state index contributed by atoms with van der Waals surface area (Å²) in [6.07, 6.45) is 11.1. The normalized spacial score (nSPS) is 19.6. The van der Waals surface area contributed by atoms with Gasteiger partial charge < -0.3 is 10.5 Å². The molecule has 0 amide bonds. The van der Waals surface area contributed by atoms with Crippen molar-refractivity contribution in [1.82, 2.24) is 0 Å². The number of unbranched alkanes of at least 4 members (excludes halogenated alkanes) is 1. The molecule has 2 N–H and O–H groups in total. The van der Waals surface area contributed by atoms with Crippen LogP contribution in [0.4, 0.5) is 0 Å². The molecule has 0 heterocycles.